The fraction of sp³-hybridized carbons (Fsp3) is 0.464. The largest absolute Gasteiger partial charge is 0.351 e. The molecule has 0 radical (unpaired) electrons. The summed E-state index contributed by atoms with van der Waals surface area (Å²) in [5, 5.41) is 8.64. The van der Waals surface area contributed by atoms with Crippen molar-refractivity contribution >= 4 is 16.7 Å². The van der Waals surface area contributed by atoms with Crippen LogP contribution in [-0.4, -0.2) is 43.7 Å². The number of hydrogen-bond acceptors (Lipinski definition) is 4. The topological polar surface area (TPSA) is 40.2 Å². The highest BCUT2D eigenvalue weighted by atomic mass is 15.3. The molecule has 4 heteroatoms. The summed E-state index contributed by atoms with van der Waals surface area (Å²) in [6.45, 7) is 7.64. The number of aryl methyl sites for hydroxylation is 2. The highest BCUT2D eigenvalue weighted by Crippen LogP contribution is 2.34. The molecule has 2 unspecified atom stereocenters. The summed E-state index contributed by atoms with van der Waals surface area (Å²) >= 11 is 0. The van der Waals surface area contributed by atoms with Gasteiger partial charge < -0.3 is 15.5 Å². The predicted octanol–water partition coefficient (Wildman–Crippen LogP) is 4.57. The fourth-order valence-electron chi connectivity index (χ4n) is 5.84. The Morgan fingerprint density at radius 2 is 1.81 bits per heavy atom. The van der Waals surface area contributed by atoms with Crippen molar-refractivity contribution in [3.63, 3.8) is 0 Å². The molecule has 0 saturated carbocycles. The molecular formula is C28H36N4. The van der Waals surface area contributed by atoms with Crippen LogP contribution < -0.4 is 15.5 Å². The van der Waals surface area contributed by atoms with Crippen LogP contribution in [0.1, 0.15) is 30.4 Å². The Balaban J connectivity index is 1.46. The van der Waals surface area contributed by atoms with Crippen LogP contribution in [0, 0.1) is 18.8 Å². The number of rotatable bonds is 6. The van der Waals surface area contributed by atoms with Crippen molar-refractivity contribution in [3.8, 4) is 0 Å². The molecule has 3 heterocycles. The van der Waals surface area contributed by atoms with Gasteiger partial charge in [0, 0.05) is 31.1 Å². The van der Waals surface area contributed by atoms with Crippen molar-refractivity contribution in [2.24, 2.45) is 11.8 Å². The Hall–Kier alpha value is -2.43. The Kier molecular flexibility index (Phi) is 6.70. The molecule has 168 valence electrons. The minimum Gasteiger partial charge on any atom is -0.351 e. The Morgan fingerprint density at radius 1 is 1.00 bits per heavy atom. The van der Waals surface area contributed by atoms with E-state index >= 15 is 0 Å². The van der Waals surface area contributed by atoms with Crippen LogP contribution in [0.5, 0.6) is 0 Å². The molecule has 2 aliphatic heterocycles. The van der Waals surface area contributed by atoms with Gasteiger partial charge in [0.1, 0.15) is 5.82 Å². The molecule has 2 aromatic carbocycles. The quantitative estimate of drug-likeness (QED) is 0.603. The highest BCUT2D eigenvalue weighted by molar-refractivity contribution is 5.81. The number of benzene rings is 2. The summed E-state index contributed by atoms with van der Waals surface area (Å²) in [4.78, 5) is 7.82. The van der Waals surface area contributed by atoms with Crippen LogP contribution >= 0.6 is 0 Å². The summed E-state index contributed by atoms with van der Waals surface area (Å²) in [5.41, 5.74) is 3.85. The first-order chi connectivity index (χ1) is 15.8. The van der Waals surface area contributed by atoms with Crippen molar-refractivity contribution in [2.45, 2.75) is 38.6 Å². The smallest absolute Gasteiger partial charge is 0.132 e. The van der Waals surface area contributed by atoms with Gasteiger partial charge in [-0.05, 0) is 80.8 Å². The molecule has 0 bridgehead atoms. The number of aromatic nitrogens is 1. The summed E-state index contributed by atoms with van der Waals surface area (Å²) in [6, 6.07) is 22.3. The summed E-state index contributed by atoms with van der Waals surface area (Å²) in [7, 11) is 0. The van der Waals surface area contributed by atoms with Crippen molar-refractivity contribution in [1.82, 2.24) is 15.6 Å². The van der Waals surface area contributed by atoms with Gasteiger partial charge >= 0.3 is 0 Å². The van der Waals surface area contributed by atoms with Gasteiger partial charge in [-0.15, -0.1) is 0 Å². The molecule has 0 amide bonds. The Bertz CT molecular complexity index is 1010. The lowest BCUT2D eigenvalue weighted by molar-refractivity contribution is 0.199. The molecule has 2 aliphatic rings. The molecular weight excluding hydrogens is 392 g/mol. The third-order valence-corrected chi connectivity index (χ3v) is 7.49. The summed E-state index contributed by atoms with van der Waals surface area (Å²) in [5.74, 6) is 2.55. The molecule has 32 heavy (non-hydrogen) atoms. The van der Waals surface area contributed by atoms with Crippen molar-refractivity contribution in [3.05, 3.63) is 71.8 Å². The number of piperazine rings is 1. The van der Waals surface area contributed by atoms with Crippen molar-refractivity contribution in [1.29, 1.82) is 0 Å². The second kappa shape index (κ2) is 10.0. The summed E-state index contributed by atoms with van der Waals surface area (Å²) in [6.07, 6.45) is 5.00. The zero-order valence-corrected chi connectivity index (χ0v) is 19.3. The number of para-hydroxylation sites is 1. The molecule has 5 rings (SSSR count). The van der Waals surface area contributed by atoms with Crippen LogP contribution in [0.4, 0.5) is 5.82 Å². The van der Waals surface area contributed by atoms with Gasteiger partial charge in [-0.3, -0.25) is 0 Å². The van der Waals surface area contributed by atoms with Crippen LogP contribution in [-0.2, 0) is 6.42 Å². The number of nitrogens with one attached hydrogen (secondary N) is 2. The van der Waals surface area contributed by atoms with E-state index in [2.05, 4.69) is 83.1 Å². The van der Waals surface area contributed by atoms with Crippen LogP contribution in [0.2, 0.25) is 0 Å². The van der Waals surface area contributed by atoms with Gasteiger partial charge in [-0.1, -0.05) is 48.5 Å². The maximum atomic E-state index is 5.18. The fourth-order valence-corrected chi connectivity index (χ4v) is 5.84. The first-order valence-corrected chi connectivity index (χ1v) is 12.4. The third-order valence-electron chi connectivity index (χ3n) is 7.49. The van der Waals surface area contributed by atoms with Gasteiger partial charge in [0.05, 0.1) is 5.52 Å². The van der Waals surface area contributed by atoms with E-state index in [1.54, 1.807) is 0 Å². The molecule has 2 N–H and O–H groups in total. The van der Waals surface area contributed by atoms with Gasteiger partial charge in [0.2, 0.25) is 0 Å². The van der Waals surface area contributed by atoms with Crippen LogP contribution in [0.15, 0.2) is 60.7 Å². The standard InChI is InChI=1S/C28H36N4/c1-21-18-23-10-5-6-12-26(23)31-28(21)32-17-16-30-20-27(32)25(24-11-7-15-29-19-24)14-13-22-8-3-2-4-9-22/h2-6,8-10,12,18,24-25,27,29-30H,7,11,13-17,19-20H2,1H3/t24?,25?,27-/m0/s1. The second-order valence-electron chi connectivity index (χ2n) is 9.58. The minimum atomic E-state index is 0.477. The van der Waals surface area contributed by atoms with E-state index in [-0.39, 0.29) is 0 Å². The molecule has 0 spiro atoms. The maximum absolute atomic E-state index is 5.18. The second-order valence-corrected chi connectivity index (χ2v) is 9.58. The number of nitrogens with zero attached hydrogens (tertiary/aromatic N) is 2. The number of pyridine rings is 1. The lowest BCUT2D eigenvalue weighted by Gasteiger charge is -2.45. The highest BCUT2D eigenvalue weighted by Gasteiger charge is 2.36. The average Bonchev–Trinajstić information content (AvgIpc) is 2.85. The van der Waals surface area contributed by atoms with E-state index < -0.39 is 0 Å². The molecule has 1 aromatic heterocycles. The van der Waals surface area contributed by atoms with Gasteiger partial charge in [-0.25, -0.2) is 4.98 Å². The van der Waals surface area contributed by atoms with E-state index in [9.17, 15) is 0 Å². The lowest BCUT2D eigenvalue weighted by atomic mass is 9.77. The number of piperidine rings is 1. The van der Waals surface area contributed by atoms with Crippen LogP contribution in [0.25, 0.3) is 10.9 Å². The zero-order valence-electron chi connectivity index (χ0n) is 19.3. The van der Waals surface area contributed by atoms with Gasteiger partial charge in [0.25, 0.3) is 0 Å². The zero-order chi connectivity index (χ0) is 21.8. The molecule has 2 fully saturated rings. The molecule has 2 saturated heterocycles. The Labute approximate surface area is 192 Å². The lowest BCUT2D eigenvalue weighted by Crippen LogP contribution is -2.57. The van der Waals surface area contributed by atoms with E-state index in [4.69, 9.17) is 4.98 Å². The maximum Gasteiger partial charge on any atom is 0.132 e. The molecule has 3 atom stereocenters. The SMILES string of the molecule is Cc1cc2ccccc2nc1N1CCNC[C@H]1C(CCc1ccccc1)C1CCCNC1. The minimum absolute atomic E-state index is 0.477. The molecule has 4 nitrogen and oxygen atoms in total. The van der Waals surface area contributed by atoms with E-state index in [0.717, 1.165) is 44.0 Å². The van der Waals surface area contributed by atoms with E-state index in [1.807, 2.05) is 0 Å². The first-order valence-electron chi connectivity index (χ1n) is 12.4. The molecule has 0 aliphatic carbocycles. The van der Waals surface area contributed by atoms with Gasteiger partial charge in [0.15, 0.2) is 0 Å². The number of anilines is 1. The third kappa shape index (κ3) is 4.67. The normalized spacial score (nSPS) is 22.7. The summed E-state index contributed by atoms with van der Waals surface area (Å²) < 4.78 is 0. The van der Waals surface area contributed by atoms with Crippen LogP contribution in [0.3, 0.4) is 0 Å². The Morgan fingerprint density at radius 3 is 2.66 bits per heavy atom. The van der Waals surface area contributed by atoms with E-state index in [1.165, 1.54) is 48.1 Å². The first kappa shape index (κ1) is 21.4. The van der Waals surface area contributed by atoms with Crippen molar-refractivity contribution < 1.29 is 0 Å². The number of hydrogen-bond donors (Lipinski definition) is 2. The molecule has 3 aromatic rings. The van der Waals surface area contributed by atoms with Gasteiger partial charge in [-0.2, -0.15) is 0 Å². The predicted molar refractivity (Wildman–Crippen MR) is 134 cm³/mol. The van der Waals surface area contributed by atoms with Crippen molar-refractivity contribution in [2.75, 3.05) is 37.6 Å². The number of fused-ring (bicyclic) bond motifs is 1. The monoisotopic (exact) mass is 428 g/mol. The average molecular weight is 429 g/mol. The van der Waals surface area contributed by atoms with E-state index in [0.29, 0.717) is 12.0 Å².